The molecule has 86 valence electrons. The molecule has 0 N–H and O–H groups in total. The van der Waals surface area contributed by atoms with Gasteiger partial charge in [0.05, 0.1) is 10.0 Å². The molecule has 1 aromatic rings. The van der Waals surface area contributed by atoms with E-state index in [0.717, 1.165) is 8.95 Å². The molecule has 0 fully saturated rings. The quantitative estimate of drug-likeness (QED) is 0.778. The zero-order chi connectivity index (χ0) is 11.9. The second-order valence-corrected chi connectivity index (χ2v) is 5.25. The largest absolute Gasteiger partial charge is 0.469 e. The number of hydrogen-bond acceptors (Lipinski definition) is 2. The maximum atomic E-state index is 12.2. The first-order valence-electron chi connectivity index (χ1n) is 5.02. The van der Waals surface area contributed by atoms with Crippen molar-refractivity contribution >= 4 is 37.8 Å². The van der Waals surface area contributed by atoms with E-state index >= 15 is 0 Å². The van der Waals surface area contributed by atoms with Gasteiger partial charge in [-0.1, -0.05) is 0 Å². The molecule has 0 saturated carbocycles. The van der Waals surface area contributed by atoms with E-state index in [2.05, 4.69) is 31.9 Å². The molecule has 0 aliphatic carbocycles. The van der Waals surface area contributed by atoms with Gasteiger partial charge in [0.2, 0.25) is 0 Å². The number of carbonyl (C=O) groups excluding carboxylic acids is 1. The van der Waals surface area contributed by atoms with Crippen molar-refractivity contribution in [2.24, 2.45) is 0 Å². The summed E-state index contributed by atoms with van der Waals surface area (Å²) in [6, 6.07) is 3.71. The molecule has 5 heteroatoms. The summed E-state index contributed by atoms with van der Waals surface area (Å²) in [5.74, 6) is 0.626. The number of nitrogens with zero attached hydrogens (tertiary/aromatic N) is 1. The summed E-state index contributed by atoms with van der Waals surface area (Å²) in [7, 11) is 0. The number of benzene rings is 1. The first-order valence-corrected chi connectivity index (χ1v) is 6.60. The number of rotatable bonds is 1. The lowest BCUT2D eigenvalue weighted by Gasteiger charge is -2.34. The van der Waals surface area contributed by atoms with Gasteiger partial charge < -0.3 is 9.64 Å². The summed E-state index contributed by atoms with van der Waals surface area (Å²) in [6.45, 7) is 4.45. The van der Waals surface area contributed by atoms with Crippen LogP contribution in [0.25, 0.3) is 0 Å². The highest BCUT2D eigenvalue weighted by atomic mass is 79.9. The lowest BCUT2D eigenvalue weighted by atomic mass is 10.1. The Morgan fingerprint density at radius 2 is 2.00 bits per heavy atom. The fourth-order valence-corrected chi connectivity index (χ4v) is 2.70. The van der Waals surface area contributed by atoms with Gasteiger partial charge in [-0.25, -0.2) is 0 Å². The molecule has 1 aliphatic heterocycles. The molecule has 1 aliphatic rings. The van der Waals surface area contributed by atoms with E-state index in [-0.39, 0.29) is 12.1 Å². The van der Waals surface area contributed by atoms with Gasteiger partial charge in [0, 0.05) is 11.0 Å². The molecule has 1 aromatic carbocycles. The fourth-order valence-electron chi connectivity index (χ4n) is 1.79. The summed E-state index contributed by atoms with van der Waals surface area (Å²) < 4.78 is 7.32. The number of hydrogen-bond donors (Lipinski definition) is 0. The first-order chi connectivity index (χ1) is 7.56. The lowest BCUT2D eigenvalue weighted by Crippen LogP contribution is -2.45. The van der Waals surface area contributed by atoms with Gasteiger partial charge in [-0.15, -0.1) is 0 Å². The molecule has 0 radical (unpaired) electrons. The molecule has 1 amide bonds. The number of halogens is 2. The minimum atomic E-state index is -0.226. The number of carbonyl (C=O) groups is 1. The van der Waals surface area contributed by atoms with Crippen LogP contribution >= 0.6 is 31.9 Å². The van der Waals surface area contributed by atoms with Crippen molar-refractivity contribution in [3.63, 3.8) is 0 Å². The minimum absolute atomic E-state index is 0.00410. The molecule has 0 saturated heterocycles. The molecule has 0 bridgehead atoms. The van der Waals surface area contributed by atoms with Crippen LogP contribution in [-0.4, -0.2) is 23.6 Å². The third kappa shape index (κ3) is 1.76. The Kier molecular flexibility index (Phi) is 3.26. The second kappa shape index (κ2) is 4.37. The Balaban J connectivity index is 2.59. The average Bonchev–Trinajstić information content (AvgIpc) is 2.24. The van der Waals surface area contributed by atoms with Crippen molar-refractivity contribution in [3.8, 4) is 5.75 Å². The minimum Gasteiger partial charge on any atom is -0.469 e. The van der Waals surface area contributed by atoms with E-state index in [0.29, 0.717) is 17.9 Å². The van der Waals surface area contributed by atoms with Crippen LogP contribution in [0.5, 0.6) is 5.75 Å². The Labute approximate surface area is 111 Å². The predicted octanol–water partition coefficient (Wildman–Crippen LogP) is 3.41. The molecular weight excluding hydrogens is 338 g/mol. The van der Waals surface area contributed by atoms with Gasteiger partial charge in [-0.3, -0.25) is 4.79 Å². The number of ether oxygens (including phenoxy) is 1. The molecule has 16 heavy (non-hydrogen) atoms. The second-order valence-electron chi connectivity index (χ2n) is 3.54. The smallest absolute Gasteiger partial charge is 0.261 e. The van der Waals surface area contributed by atoms with Gasteiger partial charge in [0.15, 0.2) is 6.23 Å². The van der Waals surface area contributed by atoms with Crippen molar-refractivity contribution in [1.82, 2.24) is 4.90 Å². The lowest BCUT2D eigenvalue weighted by molar-refractivity contribution is 0.0200. The summed E-state index contributed by atoms with van der Waals surface area (Å²) in [5, 5.41) is 0. The van der Waals surface area contributed by atoms with Crippen LogP contribution in [0.3, 0.4) is 0 Å². The predicted molar refractivity (Wildman–Crippen MR) is 68.6 cm³/mol. The molecular formula is C11H11Br2NO2. The van der Waals surface area contributed by atoms with Crippen LogP contribution in [0.15, 0.2) is 21.1 Å². The Morgan fingerprint density at radius 1 is 1.38 bits per heavy atom. The van der Waals surface area contributed by atoms with Crippen molar-refractivity contribution < 1.29 is 9.53 Å². The molecule has 1 atom stereocenters. The maximum absolute atomic E-state index is 12.2. The van der Waals surface area contributed by atoms with Crippen molar-refractivity contribution in [2.45, 2.75) is 20.1 Å². The van der Waals surface area contributed by atoms with Crippen molar-refractivity contribution in [2.75, 3.05) is 6.54 Å². The SMILES string of the molecule is CCN1C(=O)c2c(Br)ccc(Br)c2O[C@H]1C. The average molecular weight is 349 g/mol. The van der Waals surface area contributed by atoms with E-state index in [1.54, 1.807) is 4.90 Å². The number of fused-ring (bicyclic) bond motifs is 1. The number of amides is 1. The van der Waals surface area contributed by atoms with E-state index in [1.165, 1.54) is 0 Å². The Hall–Kier alpha value is -0.550. The molecule has 1 heterocycles. The highest BCUT2D eigenvalue weighted by Crippen LogP contribution is 2.39. The standard InChI is InChI=1S/C11H11Br2NO2/c1-3-14-6(2)16-10-8(13)5-4-7(12)9(10)11(14)15/h4-6H,3H2,1-2H3/t6-/m0/s1. The van der Waals surface area contributed by atoms with Crippen LogP contribution in [0.4, 0.5) is 0 Å². The van der Waals surface area contributed by atoms with Crippen LogP contribution in [0.1, 0.15) is 24.2 Å². The van der Waals surface area contributed by atoms with Crippen LogP contribution in [-0.2, 0) is 0 Å². The molecule has 0 aromatic heterocycles. The summed E-state index contributed by atoms with van der Waals surface area (Å²) in [5.41, 5.74) is 0.592. The normalized spacial score (nSPS) is 19.4. The third-order valence-corrected chi connectivity index (χ3v) is 3.89. The fraction of sp³-hybridized carbons (Fsp3) is 0.364. The van der Waals surface area contributed by atoms with Crippen LogP contribution in [0.2, 0.25) is 0 Å². The van der Waals surface area contributed by atoms with Gasteiger partial charge in [0.25, 0.3) is 5.91 Å². The molecule has 3 nitrogen and oxygen atoms in total. The monoisotopic (exact) mass is 347 g/mol. The topological polar surface area (TPSA) is 29.5 Å². The van der Waals surface area contributed by atoms with E-state index in [4.69, 9.17) is 4.74 Å². The van der Waals surface area contributed by atoms with E-state index in [9.17, 15) is 4.79 Å². The third-order valence-electron chi connectivity index (χ3n) is 2.60. The molecule has 0 unspecified atom stereocenters. The van der Waals surface area contributed by atoms with Crippen LogP contribution in [0, 0.1) is 0 Å². The van der Waals surface area contributed by atoms with Crippen LogP contribution < -0.4 is 4.74 Å². The van der Waals surface area contributed by atoms with Gasteiger partial charge in [-0.2, -0.15) is 0 Å². The van der Waals surface area contributed by atoms with Crippen molar-refractivity contribution in [1.29, 1.82) is 0 Å². The molecule has 0 spiro atoms. The Bertz CT molecular complexity index is 448. The highest BCUT2D eigenvalue weighted by Gasteiger charge is 2.32. The van der Waals surface area contributed by atoms with Crippen molar-refractivity contribution in [3.05, 3.63) is 26.6 Å². The maximum Gasteiger partial charge on any atom is 0.261 e. The van der Waals surface area contributed by atoms with E-state index < -0.39 is 0 Å². The van der Waals surface area contributed by atoms with Gasteiger partial charge in [-0.05, 0) is 57.8 Å². The summed E-state index contributed by atoms with van der Waals surface area (Å²) >= 11 is 6.78. The van der Waals surface area contributed by atoms with Gasteiger partial charge in [0.1, 0.15) is 5.75 Å². The van der Waals surface area contributed by atoms with Gasteiger partial charge >= 0.3 is 0 Å². The summed E-state index contributed by atoms with van der Waals surface area (Å²) in [4.78, 5) is 13.9. The Morgan fingerprint density at radius 3 is 2.62 bits per heavy atom. The zero-order valence-corrected chi connectivity index (χ0v) is 12.1. The summed E-state index contributed by atoms with van der Waals surface area (Å²) in [6.07, 6.45) is -0.226. The van der Waals surface area contributed by atoms with E-state index in [1.807, 2.05) is 26.0 Å². The highest BCUT2D eigenvalue weighted by molar-refractivity contribution is 9.11. The molecule has 2 rings (SSSR count). The first kappa shape index (κ1) is 11.9. The zero-order valence-electron chi connectivity index (χ0n) is 8.96.